The number of rotatable bonds is 5. The van der Waals surface area contributed by atoms with Crippen LogP contribution < -0.4 is 10.6 Å². The van der Waals surface area contributed by atoms with Gasteiger partial charge >= 0.3 is 0 Å². The van der Waals surface area contributed by atoms with Crippen molar-refractivity contribution in [2.45, 2.75) is 58.4 Å². The number of carbonyl (C=O) groups is 1. The fourth-order valence-corrected chi connectivity index (χ4v) is 3.19. The number of amides is 1. The van der Waals surface area contributed by atoms with Crippen molar-refractivity contribution >= 4 is 11.6 Å². The maximum atomic E-state index is 12.8. The van der Waals surface area contributed by atoms with E-state index in [0.717, 1.165) is 49.9 Å². The summed E-state index contributed by atoms with van der Waals surface area (Å²) in [4.78, 5) is 12.8. The third-order valence-electron chi connectivity index (χ3n) is 4.33. The van der Waals surface area contributed by atoms with E-state index in [1.807, 2.05) is 0 Å². The van der Waals surface area contributed by atoms with E-state index in [1.54, 1.807) is 0 Å². The van der Waals surface area contributed by atoms with Gasteiger partial charge in [0.05, 0.1) is 5.54 Å². The number of para-hydroxylation sites is 1. The number of anilines is 1. The number of hydrogen-bond acceptors (Lipinski definition) is 2. The molecular formula is C17H26N2O. The van der Waals surface area contributed by atoms with Crippen molar-refractivity contribution in [3.63, 3.8) is 0 Å². The molecule has 1 atom stereocenters. The largest absolute Gasteiger partial charge is 0.324 e. The van der Waals surface area contributed by atoms with E-state index in [4.69, 9.17) is 0 Å². The average molecular weight is 274 g/mol. The van der Waals surface area contributed by atoms with Crippen LogP contribution in [0, 0.1) is 6.92 Å². The molecule has 0 aromatic heterocycles. The maximum Gasteiger partial charge on any atom is 0.244 e. The lowest BCUT2D eigenvalue weighted by atomic mass is 9.90. The molecule has 1 amide bonds. The molecule has 1 fully saturated rings. The first-order valence-electron chi connectivity index (χ1n) is 7.78. The predicted molar refractivity (Wildman–Crippen MR) is 84.1 cm³/mol. The Bertz CT molecular complexity index is 476. The van der Waals surface area contributed by atoms with E-state index in [9.17, 15) is 4.79 Å². The minimum absolute atomic E-state index is 0.140. The van der Waals surface area contributed by atoms with Crippen molar-refractivity contribution in [1.29, 1.82) is 0 Å². The fraction of sp³-hybridized carbons (Fsp3) is 0.588. The number of hydrogen-bond donors (Lipinski definition) is 2. The van der Waals surface area contributed by atoms with E-state index in [2.05, 4.69) is 49.6 Å². The molecule has 0 aliphatic carbocycles. The van der Waals surface area contributed by atoms with Crippen molar-refractivity contribution in [2.75, 3.05) is 11.9 Å². The van der Waals surface area contributed by atoms with Crippen molar-refractivity contribution < 1.29 is 4.79 Å². The molecule has 0 radical (unpaired) electrons. The molecule has 2 N–H and O–H groups in total. The summed E-state index contributed by atoms with van der Waals surface area (Å²) in [6.45, 7) is 7.27. The highest BCUT2D eigenvalue weighted by Crippen LogP contribution is 2.28. The van der Waals surface area contributed by atoms with Crippen molar-refractivity contribution in [2.24, 2.45) is 0 Å². The van der Waals surface area contributed by atoms with Crippen LogP contribution in [0.25, 0.3) is 0 Å². The molecule has 1 aromatic carbocycles. The van der Waals surface area contributed by atoms with Crippen LogP contribution in [-0.2, 0) is 11.2 Å². The molecule has 0 bridgehead atoms. The Balaban J connectivity index is 2.23. The van der Waals surface area contributed by atoms with E-state index in [-0.39, 0.29) is 11.4 Å². The second-order valence-corrected chi connectivity index (χ2v) is 5.78. The van der Waals surface area contributed by atoms with E-state index < -0.39 is 0 Å². The Hall–Kier alpha value is -1.35. The van der Waals surface area contributed by atoms with Gasteiger partial charge in [0.25, 0.3) is 0 Å². The van der Waals surface area contributed by atoms with Gasteiger partial charge in [-0.15, -0.1) is 0 Å². The standard InChI is InChI=1S/C17H26N2O/c1-4-10-17(11-7-12-18-17)16(20)19-15-13(3)8-6-9-14(15)5-2/h6,8-9,18H,4-5,7,10-12H2,1-3H3,(H,19,20). The zero-order chi connectivity index (χ0) is 14.6. The second kappa shape index (κ2) is 6.40. The molecule has 110 valence electrons. The smallest absolute Gasteiger partial charge is 0.244 e. The Kier molecular flexibility index (Phi) is 4.81. The number of carbonyl (C=O) groups excluding carboxylic acids is 1. The van der Waals surface area contributed by atoms with Crippen LogP contribution in [0.2, 0.25) is 0 Å². The monoisotopic (exact) mass is 274 g/mol. The molecule has 1 aliphatic heterocycles. The fourth-order valence-electron chi connectivity index (χ4n) is 3.19. The molecule has 20 heavy (non-hydrogen) atoms. The number of benzene rings is 1. The molecule has 0 spiro atoms. The summed E-state index contributed by atoms with van der Waals surface area (Å²) in [5, 5.41) is 6.63. The Labute approximate surface area is 122 Å². The van der Waals surface area contributed by atoms with Gasteiger partial charge in [0, 0.05) is 5.69 Å². The topological polar surface area (TPSA) is 41.1 Å². The van der Waals surface area contributed by atoms with E-state index in [0.29, 0.717) is 0 Å². The molecule has 3 heteroatoms. The lowest BCUT2D eigenvalue weighted by Crippen LogP contribution is -2.50. The van der Waals surface area contributed by atoms with Gasteiger partial charge in [-0.2, -0.15) is 0 Å². The first-order chi connectivity index (χ1) is 9.63. The molecule has 3 nitrogen and oxygen atoms in total. The third-order valence-corrected chi connectivity index (χ3v) is 4.33. The maximum absolute atomic E-state index is 12.8. The lowest BCUT2D eigenvalue weighted by molar-refractivity contribution is -0.122. The predicted octanol–water partition coefficient (Wildman–Crippen LogP) is 3.42. The van der Waals surface area contributed by atoms with Crippen LogP contribution in [0.5, 0.6) is 0 Å². The van der Waals surface area contributed by atoms with Crippen LogP contribution in [0.4, 0.5) is 5.69 Å². The minimum Gasteiger partial charge on any atom is -0.324 e. The van der Waals surface area contributed by atoms with Gasteiger partial charge in [-0.05, 0) is 50.3 Å². The van der Waals surface area contributed by atoms with Crippen molar-refractivity contribution in [3.8, 4) is 0 Å². The van der Waals surface area contributed by atoms with Gasteiger partial charge in [0.1, 0.15) is 0 Å². The molecule has 2 rings (SSSR count). The molecule has 1 unspecified atom stereocenters. The summed E-state index contributed by atoms with van der Waals surface area (Å²) in [6.07, 6.45) is 4.90. The molecule has 1 saturated heterocycles. The lowest BCUT2D eigenvalue weighted by Gasteiger charge is -2.28. The highest BCUT2D eigenvalue weighted by Gasteiger charge is 2.40. The third kappa shape index (κ3) is 2.88. The van der Waals surface area contributed by atoms with Crippen LogP contribution in [0.3, 0.4) is 0 Å². The minimum atomic E-state index is -0.359. The summed E-state index contributed by atoms with van der Waals surface area (Å²) in [7, 11) is 0. The van der Waals surface area contributed by atoms with Gasteiger partial charge in [-0.25, -0.2) is 0 Å². The van der Waals surface area contributed by atoms with Crippen LogP contribution >= 0.6 is 0 Å². The summed E-state index contributed by atoms with van der Waals surface area (Å²) >= 11 is 0. The Morgan fingerprint density at radius 3 is 2.80 bits per heavy atom. The van der Waals surface area contributed by atoms with Gasteiger partial charge < -0.3 is 10.6 Å². The molecule has 1 aliphatic rings. The van der Waals surface area contributed by atoms with Gasteiger partial charge in [-0.3, -0.25) is 4.79 Å². The molecule has 0 saturated carbocycles. The highest BCUT2D eigenvalue weighted by molar-refractivity contribution is 5.99. The van der Waals surface area contributed by atoms with Crippen LogP contribution in [0.15, 0.2) is 18.2 Å². The summed E-state index contributed by atoms with van der Waals surface area (Å²) in [5.74, 6) is 0.140. The number of aryl methyl sites for hydroxylation is 2. The zero-order valence-electron chi connectivity index (χ0n) is 12.9. The Morgan fingerprint density at radius 2 is 2.20 bits per heavy atom. The van der Waals surface area contributed by atoms with E-state index in [1.165, 1.54) is 5.56 Å². The zero-order valence-corrected chi connectivity index (χ0v) is 12.9. The van der Waals surface area contributed by atoms with Crippen molar-refractivity contribution in [3.05, 3.63) is 29.3 Å². The first kappa shape index (κ1) is 15.0. The summed E-state index contributed by atoms with van der Waals surface area (Å²) < 4.78 is 0. The first-order valence-corrected chi connectivity index (χ1v) is 7.78. The normalized spacial score (nSPS) is 21.9. The second-order valence-electron chi connectivity index (χ2n) is 5.78. The SMILES string of the molecule is CCCC1(C(=O)Nc2c(C)cccc2CC)CCCN1. The highest BCUT2D eigenvalue weighted by atomic mass is 16.2. The van der Waals surface area contributed by atoms with Gasteiger partial charge in [0.2, 0.25) is 5.91 Å². The molecule has 1 aromatic rings. The van der Waals surface area contributed by atoms with Gasteiger partial charge in [0.15, 0.2) is 0 Å². The van der Waals surface area contributed by atoms with Crippen molar-refractivity contribution in [1.82, 2.24) is 5.32 Å². The van der Waals surface area contributed by atoms with Crippen LogP contribution in [0.1, 0.15) is 50.7 Å². The Morgan fingerprint density at radius 1 is 1.40 bits per heavy atom. The van der Waals surface area contributed by atoms with Gasteiger partial charge in [-0.1, -0.05) is 38.5 Å². The molecular weight excluding hydrogens is 248 g/mol. The number of nitrogens with one attached hydrogen (secondary N) is 2. The molecule has 1 heterocycles. The summed E-state index contributed by atoms with van der Waals surface area (Å²) in [5.41, 5.74) is 3.00. The average Bonchev–Trinajstić information content (AvgIpc) is 2.91. The van der Waals surface area contributed by atoms with E-state index >= 15 is 0 Å². The quantitative estimate of drug-likeness (QED) is 0.864. The summed E-state index contributed by atoms with van der Waals surface area (Å²) in [6, 6.07) is 6.21. The van der Waals surface area contributed by atoms with Crippen LogP contribution in [-0.4, -0.2) is 18.0 Å².